The zero-order valence-corrected chi connectivity index (χ0v) is 16.3. The van der Waals surface area contributed by atoms with Gasteiger partial charge in [-0.2, -0.15) is 0 Å². The Bertz CT molecular complexity index is 745. The lowest BCUT2D eigenvalue weighted by molar-refractivity contribution is -0.123. The standard InChI is InChI=1S/C20H28BNO4/c1-17(2)18(3,4)26-21(25-17)13-6-7-14-15(12-13)22-16(23)20(14)10-8-19(5,24)9-11-20/h6-7,12,24H,8-11H2,1-5H3,(H,22,23). The Morgan fingerprint density at radius 1 is 1.00 bits per heavy atom. The highest BCUT2D eigenvalue weighted by Crippen LogP contribution is 2.49. The van der Waals surface area contributed by atoms with Crippen molar-refractivity contribution in [3.8, 4) is 0 Å². The molecular formula is C20H28BNO4. The summed E-state index contributed by atoms with van der Waals surface area (Å²) in [5.41, 5.74) is 0.847. The summed E-state index contributed by atoms with van der Waals surface area (Å²) in [6.07, 6.45) is 2.63. The van der Waals surface area contributed by atoms with Gasteiger partial charge in [-0.1, -0.05) is 12.1 Å². The zero-order valence-electron chi connectivity index (χ0n) is 16.3. The second kappa shape index (κ2) is 5.34. The number of carbonyl (C=O) groups excluding carboxylic acids is 1. The molecule has 1 amide bonds. The van der Waals surface area contributed by atoms with Crippen LogP contribution in [0.1, 0.15) is 65.9 Å². The number of amides is 1. The fraction of sp³-hybridized carbons (Fsp3) is 0.650. The number of hydrogen-bond donors (Lipinski definition) is 2. The van der Waals surface area contributed by atoms with Gasteiger partial charge in [0, 0.05) is 5.69 Å². The van der Waals surface area contributed by atoms with Gasteiger partial charge in [-0.05, 0) is 77.4 Å². The lowest BCUT2D eigenvalue weighted by Gasteiger charge is -2.39. The molecule has 2 N–H and O–H groups in total. The van der Waals surface area contributed by atoms with Crippen LogP contribution in [-0.2, 0) is 19.5 Å². The van der Waals surface area contributed by atoms with Crippen molar-refractivity contribution in [1.82, 2.24) is 0 Å². The Morgan fingerprint density at radius 2 is 1.58 bits per heavy atom. The fourth-order valence-corrected chi connectivity index (χ4v) is 4.28. The van der Waals surface area contributed by atoms with Crippen LogP contribution in [-0.4, -0.2) is 34.9 Å². The smallest absolute Gasteiger partial charge is 0.399 e. The molecule has 0 radical (unpaired) electrons. The molecule has 6 heteroatoms. The predicted octanol–water partition coefficient (Wildman–Crippen LogP) is 2.50. The normalized spacial score (nSPS) is 34.8. The Labute approximate surface area is 155 Å². The largest absolute Gasteiger partial charge is 0.494 e. The van der Waals surface area contributed by atoms with Gasteiger partial charge in [0.15, 0.2) is 0 Å². The first-order valence-corrected chi connectivity index (χ1v) is 9.50. The summed E-state index contributed by atoms with van der Waals surface area (Å²) < 4.78 is 12.3. The maximum absolute atomic E-state index is 12.8. The molecular weight excluding hydrogens is 329 g/mol. The van der Waals surface area contributed by atoms with Crippen molar-refractivity contribution in [1.29, 1.82) is 0 Å². The third kappa shape index (κ3) is 2.54. The van der Waals surface area contributed by atoms with E-state index in [1.54, 1.807) is 0 Å². The molecule has 0 bridgehead atoms. The first-order chi connectivity index (χ1) is 12.0. The van der Waals surface area contributed by atoms with Crippen LogP contribution in [0.15, 0.2) is 18.2 Å². The lowest BCUT2D eigenvalue weighted by Crippen LogP contribution is -2.43. The SMILES string of the molecule is CC1(O)CCC2(CC1)C(=O)Nc1cc(B3OC(C)(C)C(C)(C)O3)ccc12. The number of benzene rings is 1. The van der Waals surface area contributed by atoms with Crippen LogP contribution in [0.4, 0.5) is 5.69 Å². The number of anilines is 1. The van der Waals surface area contributed by atoms with Gasteiger partial charge < -0.3 is 19.7 Å². The first kappa shape index (κ1) is 18.0. The molecule has 1 spiro atoms. The van der Waals surface area contributed by atoms with Crippen molar-refractivity contribution in [2.75, 3.05) is 5.32 Å². The molecule has 1 saturated carbocycles. The maximum Gasteiger partial charge on any atom is 0.494 e. The monoisotopic (exact) mass is 357 g/mol. The second-order valence-electron chi connectivity index (χ2n) is 9.43. The van der Waals surface area contributed by atoms with Crippen molar-refractivity contribution < 1.29 is 19.2 Å². The van der Waals surface area contributed by atoms with E-state index in [1.165, 1.54) is 0 Å². The Morgan fingerprint density at radius 3 is 2.15 bits per heavy atom. The van der Waals surface area contributed by atoms with E-state index in [-0.39, 0.29) is 5.91 Å². The molecule has 1 aliphatic carbocycles. The summed E-state index contributed by atoms with van der Waals surface area (Å²) in [7, 11) is -0.439. The molecule has 5 nitrogen and oxygen atoms in total. The molecule has 0 atom stereocenters. The lowest BCUT2D eigenvalue weighted by atomic mass is 9.65. The molecule has 140 valence electrons. The van der Waals surface area contributed by atoms with E-state index in [0.717, 1.165) is 16.7 Å². The molecule has 1 saturated heterocycles. The van der Waals surface area contributed by atoms with E-state index in [9.17, 15) is 9.90 Å². The third-order valence-electron chi connectivity index (χ3n) is 6.95. The Hall–Kier alpha value is -1.37. The van der Waals surface area contributed by atoms with E-state index in [4.69, 9.17) is 9.31 Å². The summed E-state index contributed by atoms with van der Waals surface area (Å²) in [4.78, 5) is 12.8. The van der Waals surface area contributed by atoms with Crippen LogP contribution in [0.25, 0.3) is 0 Å². The number of aliphatic hydroxyl groups is 1. The molecule has 4 rings (SSSR count). The minimum atomic E-state index is -0.670. The van der Waals surface area contributed by atoms with Crippen molar-refractivity contribution in [2.24, 2.45) is 0 Å². The van der Waals surface area contributed by atoms with Crippen LogP contribution in [0.2, 0.25) is 0 Å². The zero-order chi connectivity index (χ0) is 19.0. The number of fused-ring (bicyclic) bond motifs is 2. The summed E-state index contributed by atoms with van der Waals surface area (Å²) in [6.45, 7) is 9.99. The number of carbonyl (C=O) groups is 1. The second-order valence-corrected chi connectivity index (χ2v) is 9.43. The fourth-order valence-electron chi connectivity index (χ4n) is 4.28. The topological polar surface area (TPSA) is 67.8 Å². The highest BCUT2D eigenvalue weighted by Gasteiger charge is 2.53. The van der Waals surface area contributed by atoms with Gasteiger partial charge in [-0.25, -0.2) is 0 Å². The molecule has 1 aromatic carbocycles. The highest BCUT2D eigenvalue weighted by atomic mass is 16.7. The number of hydrogen-bond acceptors (Lipinski definition) is 4. The predicted molar refractivity (Wildman–Crippen MR) is 102 cm³/mol. The molecule has 1 aromatic rings. The van der Waals surface area contributed by atoms with E-state index in [0.29, 0.717) is 25.7 Å². The number of rotatable bonds is 1. The van der Waals surface area contributed by atoms with Crippen LogP contribution in [0.5, 0.6) is 0 Å². The summed E-state index contributed by atoms with van der Waals surface area (Å²) in [5.74, 6) is 0.0501. The quantitative estimate of drug-likeness (QED) is 0.758. The molecule has 2 heterocycles. The summed E-state index contributed by atoms with van der Waals surface area (Å²) in [5, 5.41) is 13.3. The molecule has 2 fully saturated rings. The van der Waals surface area contributed by atoms with Gasteiger partial charge in [0.1, 0.15) is 0 Å². The van der Waals surface area contributed by atoms with E-state index >= 15 is 0 Å². The molecule has 0 unspecified atom stereocenters. The molecule has 2 aliphatic heterocycles. The Balaban J connectivity index is 1.64. The van der Waals surface area contributed by atoms with Gasteiger partial charge in [-0.15, -0.1) is 0 Å². The maximum atomic E-state index is 12.8. The van der Waals surface area contributed by atoms with Gasteiger partial charge in [0.2, 0.25) is 5.91 Å². The minimum absolute atomic E-state index is 0.0501. The van der Waals surface area contributed by atoms with Gasteiger partial charge >= 0.3 is 7.12 Å². The van der Waals surface area contributed by atoms with Crippen LogP contribution >= 0.6 is 0 Å². The highest BCUT2D eigenvalue weighted by molar-refractivity contribution is 6.62. The summed E-state index contributed by atoms with van der Waals surface area (Å²) in [6, 6.07) is 6.03. The Kier molecular flexibility index (Phi) is 3.70. The van der Waals surface area contributed by atoms with Crippen molar-refractivity contribution in [3.63, 3.8) is 0 Å². The minimum Gasteiger partial charge on any atom is -0.399 e. The summed E-state index contributed by atoms with van der Waals surface area (Å²) >= 11 is 0. The average molecular weight is 357 g/mol. The number of nitrogens with one attached hydrogen (secondary N) is 1. The van der Waals surface area contributed by atoms with Gasteiger partial charge in [0.05, 0.1) is 22.2 Å². The van der Waals surface area contributed by atoms with Crippen LogP contribution in [0, 0.1) is 0 Å². The van der Waals surface area contributed by atoms with Gasteiger partial charge in [-0.3, -0.25) is 4.79 Å². The molecule has 3 aliphatic rings. The van der Waals surface area contributed by atoms with Gasteiger partial charge in [0.25, 0.3) is 0 Å². The van der Waals surface area contributed by atoms with Crippen LogP contribution < -0.4 is 10.8 Å². The van der Waals surface area contributed by atoms with Crippen LogP contribution in [0.3, 0.4) is 0 Å². The average Bonchev–Trinajstić information content (AvgIpc) is 2.92. The molecule has 0 aromatic heterocycles. The van der Waals surface area contributed by atoms with Crippen molar-refractivity contribution in [3.05, 3.63) is 23.8 Å². The van der Waals surface area contributed by atoms with E-state index < -0.39 is 29.3 Å². The first-order valence-electron chi connectivity index (χ1n) is 9.50. The van der Waals surface area contributed by atoms with Crippen molar-refractivity contribution in [2.45, 2.75) is 82.5 Å². The van der Waals surface area contributed by atoms with E-state index in [1.807, 2.05) is 52.8 Å². The van der Waals surface area contributed by atoms with E-state index in [2.05, 4.69) is 5.32 Å². The van der Waals surface area contributed by atoms with Crippen molar-refractivity contribution >= 4 is 24.2 Å². The molecule has 26 heavy (non-hydrogen) atoms. The third-order valence-corrected chi connectivity index (χ3v) is 6.95.